The van der Waals surface area contributed by atoms with E-state index in [2.05, 4.69) is 32.1 Å². The van der Waals surface area contributed by atoms with Crippen LogP contribution in [0.3, 0.4) is 0 Å². The predicted molar refractivity (Wildman–Crippen MR) is 130 cm³/mol. The van der Waals surface area contributed by atoms with Crippen LogP contribution in [0.25, 0.3) is 0 Å². The van der Waals surface area contributed by atoms with Gasteiger partial charge < -0.3 is 4.90 Å². The van der Waals surface area contributed by atoms with Crippen molar-refractivity contribution in [3.63, 3.8) is 0 Å². The average molecular weight is 710 g/mol. The van der Waals surface area contributed by atoms with Crippen molar-refractivity contribution < 1.29 is 53.5 Å². The predicted octanol–water partition coefficient (Wildman–Crippen LogP) is 8.39. The number of halogens is 12. The van der Waals surface area contributed by atoms with Crippen LogP contribution in [-0.2, 0) is 5.67 Å². The van der Waals surface area contributed by atoms with E-state index in [9.17, 15) is 49.1 Å². The summed E-state index contributed by atoms with van der Waals surface area (Å²) in [5.41, 5.74) is -10.4. The average Bonchev–Trinajstić information content (AvgIpc) is 2.85. The molecule has 0 unspecified atom stereocenters. The Kier molecular flexibility index (Phi) is 8.65. The summed E-state index contributed by atoms with van der Waals surface area (Å²) in [6.07, 6.45) is -12.8. The molecule has 0 atom stereocenters. The van der Waals surface area contributed by atoms with Gasteiger partial charge in [-0.25, -0.2) is 21.5 Å². The van der Waals surface area contributed by atoms with Gasteiger partial charge in [0.15, 0.2) is 5.82 Å². The fourth-order valence-corrected chi connectivity index (χ4v) is 4.80. The van der Waals surface area contributed by atoms with Crippen molar-refractivity contribution in [2.75, 3.05) is 15.9 Å². The lowest BCUT2D eigenvalue weighted by molar-refractivity contribution is -0.348. The molecule has 0 bridgehead atoms. The van der Waals surface area contributed by atoms with Crippen LogP contribution < -0.4 is 8.83 Å². The van der Waals surface area contributed by atoms with E-state index < -0.39 is 79.8 Å². The lowest BCUT2D eigenvalue weighted by Gasteiger charge is -2.30. The van der Waals surface area contributed by atoms with Crippen LogP contribution in [0.1, 0.15) is 26.3 Å². The summed E-state index contributed by atoms with van der Waals surface area (Å²) >= 11 is 5.43. The molecule has 0 saturated carbocycles. The minimum atomic E-state index is -6.38. The van der Waals surface area contributed by atoms with Crippen LogP contribution in [0.4, 0.5) is 55.3 Å². The first-order chi connectivity index (χ1) is 18.3. The molecule has 0 aliphatic heterocycles. The van der Waals surface area contributed by atoms with Crippen LogP contribution >= 0.6 is 32.1 Å². The number of rotatable bonds is 5. The highest BCUT2D eigenvalue weighted by Gasteiger charge is 2.73. The Morgan fingerprint density at radius 1 is 0.750 bits per heavy atom. The number of alkyl halides is 7. The summed E-state index contributed by atoms with van der Waals surface area (Å²) in [4.78, 5) is 26.2. The van der Waals surface area contributed by atoms with Crippen LogP contribution in [0, 0.1) is 17.5 Å². The normalized spacial score (nSPS) is 12.3. The van der Waals surface area contributed by atoms with Gasteiger partial charge in [0.1, 0.15) is 17.2 Å². The van der Waals surface area contributed by atoms with Gasteiger partial charge in [0.2, 0.25) is 0 Å². The van der Waals surface area contributed by atoms with Crippen LogP contribution in [0.5, 0.6) is 0 Å². The second-order valence-electron chi connectivity index (χ2n) is 8.01. The summed E-state index contributed by atoms with van der Waals surface area (Å²) in [7, 11) is 0.965. The molecule has 4 nitrogen and oxygen atoms in total. The molecular weight excluding hydrogens is 698 g/mol. The third kappa shape index (κ3) is 5.42. The zero-order valence-electron chi connectivity index (χ0n) is 19.4. The molecule has 3 rings (SSSR count). The molecule has 3 aromatic carbocycles. The smallest absolute Gasteiger partial charge is 0.308 e. The first-order valence-corrected chi connectivity index (χ1v) is 12.0. The van der Waals surface area contributed by atoms with E-state index in [4.69, 9.17) is 0 Å². The number of benzene rings is 3. The quantitative estimate of drug-likeness (QED) is 0.197. The molecule has 40 heavy (non-hydrogen) atoms. The van der Waals surface area contributed by atoms with Crippen molar-refractivity contribution in [1.82, 2.24) is 0 Å². The molecule has 0 radical (unpaired) electrons. The second-order valence-corrected chi connectivity index (χ2v) is 9.57. The monoisotopic (exact) mass is 708 g/mol. The molecule has 0 heterocycles. The van der Waals surface area contributed by atoms with E-state index in [-0.39, 0.29) is 12.1 Å². The van der Waals surface area contributed by atoms with E-state index in [0.717, 1.165) is 43.4 Å². The van der Waals surface area contributed by atoms with E-state index in [1.54, 1.807) is 0 Å². The summed E-state index contributed by atoms with van der Waals surface area (Å²) in [6, 6.07) is 6.43. The van der Waals surface area contributed by atoms with Crippen molar-refractivity contribution in [2.45, 2.75) is 18.0 Å². The maximum atomic E-state index is 15.3. The fourth-order valence-electron chi connectivity index (χ4n) is 3.51. The van der Waals surface area contributed by atoms with Crippen LogP contribution in [0.15, 0.2) is 59.1 Å². The van der Waals surface area contributed by atoms with E-state index in [0.29, 0.717) is 14.9 Å². The summed E-state index contributed by atoms with van der Waals surface area (Å²) < 4.78 is 136. The van der Waals surface area contributed by atoms with Gasteiger partial charge in [-0.3, -0.25) is 9.59 Å². The Balaban J connectivity index is 1.99. The Labute approximate surface area is 235 Å². The van der Waals surface area contributed by atoms with E-state index >= 15 is 4.39 Å². The molecule has 3 aromatic rings. The number of anilines is 2. The van der Waals surface area contributed by atoms with Gasteiger partial charge in [-0.1, -0.05) is 18.2 Å². The molecule has 2 amide bonds. The summed E-state index contributed by atoms with van der Waals surface area (Å²) in [5.74, 6) is -6.43. The highest BCUT2D eigenvalue weighted by atomic mass is 79.9. The Bertz CT molecular complexity index is 1440. The number of nitrogens with zero attached hydrogens (tertiary/aromatic N) is 2. The summed E-state index contributed by atoms with van der Waals surface area (Å²) in [5, 5.41) is 0. The lowest BCUT2D eigenvalue weighted by atomic mass is 9.94. The lowest BCUT2D eigenvalue weighted by Crippen LogP contribution is -2.50. The SMILES string of the molecule is CN(C(=O)c1c(F)cccc1F)c1cccc(C(=O)N(Br)c2ccc(C(F)(C(F)(F)F)C(F)(F)F)cc2Br)c1F. The van der Waals surface area contributed by atoms with Crippen LogP contribution in [0.2, 0.25) is 0 Å². The molecule has 214 valence electrons. The maximum absolute atomic E-state index is 15.3. The topological polar surface area (TPSA) is 40.6 Å². The van der Waals surface area contributed by atoms with Crippen LogP contribution in [-0.4, -0.2) is 31.2 Å². The van der Waals surface area contributed by atoms with Gasteiger partial charge in [0, 0.05) is 17.1 Å². The number of carbonyl (C=O) groups excluding carboxylic acids is 2. The van der Waals surface area contributed by atoms with Crippen molar-refractivity contribution >= 4 is 55.3 Å². The van der Waals surface area contributed by atoms with Crippen molar-refractivity contribution in [1.29, 1.82) is 0 Å². The fraction of sp³-hybridized carbons (Fsp3) is 0.167. The number of hydrogen-bond acceptors (Lipinski definition) is 2. The second kappa shape index (κ2) is 11.0. The standard InChI is InChI=1S/C24H12Br2F10N2O2/c1-37(21(40)18-14(27)5-3-6-15(18)28)17-7-2-4-12(19(17)29)20(39)38(26)16-9-8-11(10-13(16)25)22(30,23(31,32)33)24(34,35)36/h2-10H,1H3. The first kappa shape index (κ1) is 31.4. The van der Waals surface area contributed by atoms with E-state index in [1.807, 2.05) is 0 Å². The molecule has 0 aliphatic rings. The maximum Gasteiger partial charge on any atom is 0.435 e. The van der Waals surface area contributed by atoms with Gasteiger partial charge in [0.05, 0.1) is 33.1 Å². The minimum Gasteiger partial charge on any atom is -0.308 e. The molecule has 0 fully saturated rings. The third-order valence-electron chi connectivity index (χ3n) is 5.57. The highest BCUT2D eigenvalue weighted by Crippen LogP contribution is 2.54. The zero-order chi connectivity index (χ0) is 30.4. The Morgan fingerprint density at radius 2 is 1.27 bits per heavy atom. The molecule has 0 spiro atoms. The van der Waals surface area contributed by atoms with Crippen molar-refractivity contribution in [3.8, 4) is 0 Å². The molecular formula is C24H12Br2F10N2O2. The van der Waals surface area contributed by atoms with Gasteiger partial charge in [-0.15, -0.1) is 0 Å². The van der Waals surface area contributed by atoms with E-state index in [1.165, 1.54) is 0 Å². The van der Waals surface area contributed by atoms with Gasteiger partial charge in [-0.05, 0) is 52.3 Å². The molecule has 16 heteroatoms. The largest absolute Gasteiger partial charge is 0.435 e. The van der Waals surface area contributed by atoms with Crippen molar-refractivity contribution in [2.24, 2.45) is 0 Å². The van der Waals surface area contributed by atoms with Crippen molar-refractivity contribution in [3.05, 3.63) is 93.2 Å². The number of hydrogen-bond donors (Lipinski definition) is 0. The molecule has 0 aromatic heterocycles. The number of carbonyl (C=O) groups is 2. The third-order valence-corrected chi connectivity index (χ3v) is 6.91. The molecule has 0 N–H and O–H groups in total. The molecule has 0 aliphatic carbocycles. The first-order valence-electron chi connectivity index (χ1n) is 10.5. The molecule has 0 saturated heterocycles. The Hall–Kier alpha value is -3.14. The highest BCUT2D eigenvalue weighted by molar-refractivity contribution is 9.11. The Morgan fingerprint density at radius 3 is 1.77 bits per heavy atom. The van der Waals surface area contributed by atoms with Gasteiger partial charge in [0.25, 0.3) is 11.8 Å². The summed E-state index contributed by atoms with van der Waals surface area (Å²) in [6.45, 7) is 0. The van der Waals surface area contributed by atoms with Gasteiger partial charge in [-0.2, -0.15) is 26.3 Å². The number of amides is 2. The van der Waals surface area contributed by atoms with Gasteiger partial charge >= 0.3 is 18.0 Å². The zero-order valence-corrected chi connectivity index (χ0v) is 22.6. The minimum absolute atomic E-state index is 0.144.